The topological polar surface area (TPSA) is 238 Å². The number of hydrogen-bond acceptors (Lipinski definition) is 12. The predicted octanol–water partition coefficient (Wildman–Crippen LogP) is 7.73. The molecule has 8 heterocycles. The van der Waals surface area contributed by atoms with Crippen LogP contribution in [0.1, 0.15) is 111 Å². The van der Waals surface area contributed by atoms with Gasteiger partial charge in [-0.05, 0) is 105 Å². The van der Waals surface area contributed by atoms with Gasteiger partial charge in [-0.15, -0.1) is 0 Å². The first-order valence-corrected chi connectivity index (χ1v) is 24.4. The average molecular weight is 973 g/mol. The van der Waals surface area contributed by atoms with E-state index >= 15 is 0 Å². The van der Waals surface area contributed by atoms with Crippen molar-refractivity contribution < 1.29 is 33.0 Å². The van der Waals surface area contributed by atoms with Gasteiger partial charge in [-0.1, -0.05) is 24.3 Å². The van der Waals surface area contributed by atoms with E-state index in [1.807, 2.05) is 84.9 Å². The molecule has 4 aromatic heterocycles. The van der Waals surface area contributed by atoms with Gasteiger partial charge in [0.05, 0.1) is 33.5 Å². The fraction of sp³-hybridized carbons (Fsp3) is 0.462. The Labute approximate surface area is 412 Å². The molecule has 4 amide bonds. The highest BCUT2D eigenvalue weighted by Gasteiger charge is 2.29. The van der Waals surface area contributed by atoms with Crippen LogP contribution in [0.25, 0.3) is 44.6 Å². The Hall–Kier alpha value is -7.15. The lowest BCUT2D eigenvalue weighted by Crippen LogP contribution is -2.44. The number of aromatic amines is 2. The number of fused-ring (bicyclic) bond motifs is 4. The van der Waals surface area contributed by atoms with Crippen molar-refractivity contribution in [3.63, 3.8) is 0 Å². The first-order chi connectivity index (χ1) is 33.7. The number of ether oxygens (including phenoxy) is 2. The molecule has 0 spiro atoms. The molecule has 2 fully saturated rings. The number of benzene rings is 2. The molecule has 19 heteroatoms. The van der Waals surface area contributed by atoms with Crippen LogP contribution in [0.2, 0.25) is 0 Å². The molecule has 4 aliphatic heterocycles. The summed E-state index contributed by atoms with van der Waals surface area (Å²) in [6.07, 6.45) is 4.42. The lowest BCUT2D eigenvalue weighted by molar-refractivity contribution is 0.0197. The second-order valence-electron chi connectivity index (χ2n) is 20.5. The molecule has 0 bridgehead atoms. The zero-order valence-corrected chi connectivity index (χ0v) is 41.8. The van der Waals surface area contributed by atoms with Crippen molar-refractivity contribution in [3.05, 3.63) is 88.4 Å². The number of aromatic nitrogens is 6. The molecule has 2 aromatic carbocycles. The van der Waals surface area contributed by atoms with E-state index in [0.717, 1.165) is 108 Å². The Morgan fingerprint density at radius 3 is 1.58 bits per heavy atom. The van der Waals surface area contributed by atoms with E-state index in [0.29, 0.717) is 48.3 Å². The molecule has 0 aliphatic carbocycles. The Bertz CT molecular complexity index is 2960. The Kier molecular flexibility index (Phi) is 14.6. The van der Waals surface area contributed by atoms with E-state index in [1.54, 1.807) is 28.9 Å². The van der Waals surface area contributed by atoms with E-state index in [-0.39, 0.29) is 41.8 Å². The molecule has 71 heavy (non-hydrogen) atoms. The van der Waals surface area contributed by atoms with E-state index in [4.69, 9.17) is 25.2 Å². The van der Waals surface area contributed by atoms with Gasteiger partial charge < -0.3 is 50.9 Å². The monoisotopic (exact) mass is 973 g/mol. The van der Waals surface area contributed by atoms with Gasteiger partial charge in [-0.2, -0.15) is 4.39 Å². The maximum Gasteiger partial charge on any atom is 0.410 e. The summed E-state index contributed by atoms with van der Waals surface area (Å²) in [6, 6.07) is 15.5. The highest BCUT2D eigenvalue weighted by atomic mass is 19.1. The lowest BCUT2D eigenvalue weighted by Gasteiger charge is -2.34. The number of halogens is 1. The number of carbonyl (C=O) groups excluding carboxylic acids is 4. The number of nitrogens with one attached hydrogen (secondary N) is 5. The molecule has 2 saturated heterocycles. The van der Waals surface area contributed by atoms with E-state index in [2.05, 4.69) is 35.9 Å². The number of amides is 4. The summed E-state index contributed by atoms with van der Waals surface area (Å²) in [7, 11) is 0. The van der Waals surface area contributed by atoms with E-state index < -0.39 is 17.1 Å². The van der Waals surface area contributed by atoms with Crippen LogP contribution in [-0.4, -0.2) is 126 Å². The van der Waals surface area contributed by atoms with Crippen LogP contribution in [0.3, 0.4) is 0 Å². The molecule has 0 radical (unpaired) electrons. The lowest BCUT2D eigenvalue weighted by atomic mass is 10.1. The second kappa shape index (κ2) is 20.7. The van der Waals surface area contributed by atoms with Crippen molar-refractivity contribution in [1.82, 2.24) is 50.3 Å². The Morgan fingerprint density at radius 1 is 0.662 bits per heavy atom. The van der Waals surface area contributed by atoms with Crippen molar-refractivity contribution in [3.8, 4) is 22.5 Å². The highest BCUT2D eigenvalue weighted by molar-refractivity contribution is 6.00. The van der Waals surface area contributed by atoms with E-state index in [1.165, 1.54) is 0 Å². The number of anilines is 1. The van der Waals surface area contributed by atoms with Crippen LogP contribution >= 0.6 is 0 Å². The first kappa shape index (κ1) is 50.2. The number of aryl methyl sites for hydroxylation is 2. The summed E-state index contributed by atoms with van der Waals surface area (Å²) in [6.45, 7) is 18.8. The van der Waals surface area contributed by atoms with Crippen molar-refractivity contribution in [2.75, 3.05) is 44.6 Å². The van der Waals surface area contributed by atoms with Gasteiger partial charge in [0.2, 0.25) is 5.95 Å². The summed E-state index contributed by atoms with van der Waals surface area (Å²) in [4.78, 5) is 76.3. The number of nitrogens with two attached hydrogens (primary N) is 1. The quantitative estimate of drug-likeness (QED) is 0.0995. The Balaban J connectivity index is 0.000000159. The van der Waals surface area contributed by atoms with Gasteiger partial charge in [0.25, 0.3) is 11.8 Å². The third-order valence-corrected chi connectivity index (χ3v) is 12.5. The van der Waals surface area contributed by atoms with Gasteiger partial charge in [-0.25, -0.2) is 29.5 Å². The fourth-order valence-electron chi connectivity index (χ4n) is 8.89. The zero-order chi connectivity index (χ0) is 50.8. The first-order valence-electron chi connectivity index (χ1n) is 24.4. The molecule has 4 aliphatic rings. The number of piperidine rings is 2. The fourth-order valence-corrected chi connectivity index (χ4v) is 8.89. The smallest absolute Gasteiger partial charge is 0.410 e. The molecule has 0 atom stereocenters. The number of nitrogens with zero attached hydrogens (tertiary/aromatic N) is 6. The third kappa shape index (κ3) is 12.1. The normalized spacial score (nSPS) is 16.4. The minimum atomic E-state index is -0.575. The predicted molar refractivity (Wildman–Crippen MR) is 270 cm³/mol. The number of hydrogen-bond donors (Lipinski definition) is 6. The van der Waals surface area contributed by atoms with Gasteiger partial charge in [-0.3, -0.25) is 9.59 Å². The zero-order valence-electron chi connectivity index (χ0n) is 41.8. The molecule has 7 N–H and O–H groups in total. The number of rotatable bonds is 4. The van der Waals surface area contributed by atoms with Crippen LogP contribution in [-0.2, 0) is 22.3 Å². The number of para-hydroxylation sites is 2. The third-order valence-electron chi connectivity index (χ3n) is 12.5. The van der Waals surface area contributed by atoms with Crippen molar-refractivity contribution >= 4 is 51.9 Å². The molecule has 18 nitrogen and oxygen atoms in total. The average Bonchev–Trinajstić information content (AvgIpc) is 3.96. The van der Waals surface area contributed by atoms with Crippen LogP contribution in [0.15, 0.2) is 48.5 Å². The van der Waals surface area contributed by atoms with E-state index in [9.17, 15) is 23.6 Å². The molecular formula is C52H65FN12O6. The van der Waals surface area contributed by atoms with Crippen molar-refractivity contribution in [1.29, 1.82) is 0 Å². The van der Waals surface area contributed by atoms with Gasteiger partial charge >= 0.3 is 12.2 Å². The minimum Gasteiger partial charge on any atom is -0.444 e. The van der Waals surface area contributed by atoms with Crippen molar-refractivity contribution in [2.45, 2.75) is 117 Å². The second-order valence-corrected chi connectivity index (χ2v) is 20.5. The van der Waals surface area contributed by atoms with Crippen molar-refractivity contribution in [2.24, 2.45) is 5.73 Å². The number of likely N-dealkylation sites (tertiary alicyclic amines) is 2. The van der Waals surface area contributed by atoms with Crippen LogP contribution in [0.4, 0.5) is 19.8 Å². The summed E-state index contributed by atoms with van der Waals surface area (Å²) in [5.41, 5.74) is 15.1. The van der Waals surface area contributed by atoms with Crippen LogP contribution < -0.4 is 21.7 Å². The standard InChI is InChI=1S/C26H32N6O3.C16H13FN4O.C10H20N2O2/c1-15-23(29-16-9-12-32(13-10-16)25(34)35-26(2,3)4)31-22-17(6-5-7-20(22)28-15)21-14-18-19(30-21)8-11-27-24(18)33;1-8-15(17)21-14-9(3-2-4-12(14)19-8)13-7-10-11(20-13)5-6-18-16(10)22;1-10(2,3)14-9(13)12-6-4-8(11)5-7-12/h5-7,14,16,30H,8-13H2,1-4H3,(H,27,33)(H,29,31);2-4,7,20H,5-6H2,1H3,(H,18,22);8H,4-7,11H2,1-3H3. The summed E-state index contributed by atoms with van der Waals surface area (Å²) < 4.78 is 24.6. The van der Waals surface area contributed by atoms with Gasteiger partial charge in [0.15, 0.2) is 0 Å². The SMILES string of the molecule is CC(C)(C)OC(=O)N1CCC(N)CC1.Cc1nc2cccc(-c3cc4c([nH]3)CCNC4=O)c2nc1F.Cc1nc2cccc(-c3cc4c([nH]3)CCNC4=O)c2nc1NC1CCN(C(=O)OC(C)(C)C)CC1. The number of carbonyl (C=O) groups is 4. The largest absolute Gasteiger partial charge is 0.444 e. The maximum absolute atomic E-state index is 13.8. The van der Waals surface area contributed by atoms with Gasteiger partial charge in [0, 0.05) is 98.1 Å². The molecule has 376 valence electrons. The Morgan fingerprint density at radius 2 is 1.11 bits per heavy atom. The molecule has 0 saturated carbocycles. The van der Waals surface area contributed by atoms with Crippen LogP contribution in [0.5, 0.6) is 0 Å². The minimum absolute atomic E-state index is 0.0454. The molecule has 6 aromatic rings. The highest BCUT2D eigenvalue weighted by Crippen LogP contribution is 2.32. The molecule has 10 rings (SSSR count). The molecular weight excluding hydrogens is 908 g/mol. The summed E-state index contributed by atoms with van der Waals surface area (Å²) in [5.74, 6) is 0.0387. The summed E-state index contributed by atoms with van der Waals surface area (Å²) in [5, 5.41) is 9.26. The number of H-pyrrole nitrogens is 2. The van der Waals surface area contributed by atoms with Crippen LogP contribution in [0, 0.1) is 19.8 Å². The molecule has 0 unspecified atom stereocenters. The maximum atomic E-state index is 13.8. The van der Waals surface area contributed by atoms with Gasteiger partial charge in [0.1, 0.15) is 28.1 Å². The summed E-state index contributed by atoms with van der Waals surface area (Å²) >= 11 is 0.